The third-order valence-electron chi connectivity index (χ3n) is 12.9. The van der Waals surface area contributed by atoms with Gasteiger partial charge >= 0.3 is 0 Å². The van der Waals surface area contributed by atoms with Crippen molar-refractivity contribution in [1.29, 1.82) is 0 Å². The van der Waals surface area contributed by atoms with E-state index in [1.165, 1.54) is 35.0 Å². The fraction of sp³-hybridized carbons (Fsp3) is 0.404. The van der Waals surface area contributed by atoms with E-state index in [-0.39, 0.29) is 35.7 Å². The summed E-state index contributed by atoms with van der Waals surface area (Å²) in [6.45, 7) is 11.3. The number of benzene rings is 3. The molecule has 0 unspecified atom stereocenters. The van der Waals surface area contributed by atoms with Crippen LogP contribution in [0.1, 0.15) is 49.0 Å². The van der Waals surface area contributed by atoms with Crippen LogP contribution in [0.5, 0.6) is 11.5 Å². The largest absolute Gasteiger partial charge is 0.455 e. The molecule has 0 bridgehead atoms. The van der Waals surface area contributed by atoms with E-state index in [9.17, 15) is 23.3 Å². The second kappa shape index (κ2) is 19.1. The quantitative estimate of drug-likeness (QED) is 0.0744. The number of H-pyrrole nitrogens is 1. The number of carbonyl (C=O) groups excluding carboxylic acids is 1. The number of hydrogen-bond donors (Lipinski definition) is 3. The number of piperazine rings is 1. The van der Waals surface area contributed by atoms with E-state index in [1.54, 1.807) is 30.5 Å². The highest BCUT2D eigenvalue weighted by Gasteiger charge is 2.33. The molecule has 2 aromatic heterocycles. The summed E-state index contributed by atoms with van der Waals surface area (Å²) >= 11 is 6.24. The minimum Gasteiger partial charge on any atom is -0.455 e. The summed E-state index contributed by atoms with van der Waals surface area (Å²) in [5.41, 5.74) is 5.21. The maximum Gasteiger partial charge on any atom is 0.293 e. The van der Waals surface area contributed by atoms with E-state index in [4.69, 9.17) is 25.8 Å². The number of halogens is 1. The first kappa shape index (κ1) is 44.6. The van der Waals surface area contributed by atoms with Gasteiger partial charge in [0.2, 0.25) is 0 Å². The van der Waals surface area contributed by atoms with Crippen molar-refractivity contribution in [2.75, 3.05) is 75.9 Å². The van der Waals surface area contributed by atoms with E-state index in [0.29, 0.717) is 56.3 Å². The number of nitro groups is 1. The van der Waals surface area contributed by atoms with E-state index in [2.05, 4.69) is 60.7 Å². The standard InChI is InChI=1S/C47H53ClN8O8S/c1-30-3-4-34(42(19-30)32-5-7-35(48)8-6-32)26-53-15-16-55(31(2)25-53)36-9-11-41(45(21-36)64-38-20-33-13-14-49-46(33)51-23-38)47(57)52-65(60,61)40-10-12-43(44(22-40)56(58)59)50-24-39-27-54(17-18-63-39)37-28-62-29-37/h5-14,20-23,30-31,37,39,50H,3-4,15-19,24-29H2,1-2H3,(H,49,51)(H,52,57)/t30-,31+,39-/m0/s1. The van der Waals surface area contributed by atoms with Crippen molar-refractivity contribution >= 4 is 61.2 Å². The molecular weight excluding hydrogens is 872 g/mol. The summed E-state index contributed by atoms with van der Waals surface area (Å²) in [5.74, 6) is 0.116. The smallest absolute Gasteiger partial charge is 0.293 e. The monoisotopic (exact) mass is 924 g/mol. The molecule has 1 amide bonds. The Kier molecular flexibility index (Phi) is 13.1. The summed E-state index contributed by atoms with van der Waals surface area (Å²) in [5, 5.41) is 16.8. The summed E-state index contributed by atoms with van der Waals surface area (Å²) in [7, 11) is -4.60. The van der Waals surface area contributed by atoms with Crippen LogP contribution in [-0.4, -0.2) is 123 Å². The number of carbonyl (C=O) groups is 1. The molecule has 5 aromatic rings. The van der Waals surface area contributed by atoms with Gasteiger partial charge in [0.15, 0.2) is 0 Å². The molecule has 3 fully saturated rings. The SMILES string of the molecule is C[C@H]1CCC(CN2CCN(c3ccc(C(=O)NS(=O)(=O)c4ccc(NC[C@H]5CN(C6COC6)CCO5)c([N+](=O)[O-])c4)c(Oc4cnc5[nH]ccc5c4)c3)[C@H](C)C2)=C(c2ccc(Cl)cc2)C1. The zero-order valence-corrected chi connectivity index (χ0v) is 37.9. The zero-order valence-electron chi connectivity index (χ0n) is 36.4. The number of aromatic amines is 1. The highest BCUT2D eigenvalue weighted by molar-refractivity contribution is 7.90. The Balaban J connectivity index is 0.922. The molecule has 0 saturated carbocycles. The predicted octanol–water partition coefficient (Wildman–Crippen LogP) is 7.33. The molecule has 0 spiro atoms. The van der Waals surface area contributed by atoms with Crippen molar-refractivity contribution < 1.29 is 32.3 Å². The van der Waals surface area contributed by atoms with Gasteiger partial charge in [-0.1, -0.05) is 36.2 Å². The maximum atomic E-state index is 14.0. The maximum absolute atomic E-state index is 14.0. The molecule has 5 heterocycles. The molecule has 1 aliphatic carbocycles. The number of nitrogens with one attached hydrogen (secondary N) is 3. The number of pyridine rings is 1. The van der Waals surface area contributed by atoms with Gasteiger partial charge in [0.1, 0.15) is 22.8 Å². The molecule has 16 nitrogen and oxygen atoms in total. The van der Waals surface area contributed by atoms with Crippen LogP contribution in [0.2, 0.25) is 5.02 Å². The Hall–Kier alpha value is -5.56. The van der Waals surface area contributed by atoms with Gasteiger partial charge in [-0.05, 0) is 91.8 Å². The Labute approximate surface area is 383 Å². The van der Waals surface area contributed by atoms with Gasteiger partial charge in [-0.3, -0.25) is 24.7 Å². The van der Waals surface area contributed by atoms with Gasteiger partial charge in [0, 0.05) is 86.3 Å². The number of rotatable bonds is 14. The Bertz CT molecular complexity index is 2710. The lowest BCUT2D eigenvalue weighted by atomic mass is 9.81. The molecule has 9 rings (SSSR count). The lowest BCUT2D eigenvalue weighted by molar-refractivity contribution is -0.384. The fourth-order valence-electron chi connectivity index (χ4n) is 9.28. The molecule has 3 N–H and O–H groups in total. The first-order chi connectivity index (χ1) is 31.4. The van der Waals surface area contributed by atoms with E-state index < -0.39 is 31.4 Å². The van der Waals surface area contributed by atoms with Crippen molar-refractivity contribution in [1.82, 2.24) is 24.5 Å². The second-order valence-corrected chi connectivity index (χ2v) is 19.6. The molecule has 3 aliphatic heterocycles. The summed E-state index contributed by atoms with van der Waals surface area (Å²) in [4.78, 5) is 39.7. The van der Waals surface area contributed by atoms with Crippen LogP contribution in [0.3, 0.4) is 0 Å². The molecule has 0 radical (unpaired) electrons. The number of fused-ring (bicyclic) bond motifs is 1. The number of nitro benzene ring substituents is 1. The molecule has 4 aliphatic rings. The molecule has 3 atom stereocenters. The number of sulfonamides is 1. The number of aromatic nitrogens is 2. The number of nitrogens with zero attached hydrogens (tertiary/aromatic N) is 5. The van der Waals surface area contributed by atoms with Gasteiger partial charge in [-0.25, -0.2) is 18.1 Å². The lowest BCUT2D eigenvalue weighted by Gasteiger charge is -2.42. The normalized spacial score (nSPS) is 21.3. The molecular formula is C47H53ClN8O8S. The average Bonchev–Trinajstić information content (AvgIpc) is 3.74. The Morgan fingerprint density at radius 3 is 2.63 bits per heavy atom. The van der Waals surface area contributed by atoms with Crippen molar-refractivity contribution in [3.63, 3.8) is 0 Å². The van der Waals surface area contributed by atoms with E-state index >= 15 is 0 Å². The van der Waals surface area contributed by atoms with Crippen molar-refractivity contribution in [2.24, 2.45) is 5.92 Å². The van der Waals surface area contributed by atoms with Crippen molar-refractivity contribution in [3.8, 4) is 11.5 Å². The second-order valence-electron chi connectivity index (χ2n) is 17.5. The first-order valence-electron chi connectivity index (χ1n) is 22.1. The van der Waals surface area contributed by atoms with E-state index in [0.717, 1.165) is 67.6 Å². The highest BCUT2D eigenvalue weighted by atomic mass is 35.5. The Morgan fingerprint density at radius 1 is 1.03 bits per heavy atom. The van der Waals surface area contributed by atoms with Gasteiger partial charge in [-0.2, -0.15) is 0 Å². The minimum atomic E-state index is -4.60. The van der Waals surface area contributed by atoms with Gasteiger partial charge < -0.3 is 29.4 Å². The van der Waals surface area contributed by atoms with Crippen LogP contribution in [-0.2, 0) is 19.5 Å². The van der Waals surface area contributed by atoms with Gasteiger partial charge in [-0.15, -0.1) is 0 Å². The van der Waals surface area contributed by atoms with Crippen LogP contribution >= 0.6 is 11.6 Å². The molecule has 342 valence electrons. The van der Waals surface area contributed by atoms with Crippen LogP contribution in [0.25, 0.3) is 16.6 Å². The molecule has 65 heavy (non-hydrogen) atoms. The highest BCUT2D eigenvalue weighted by Crippen LogP contribution is 2.38. The molecule has 18 heteroatoms. The molecule has 3 aromatic carbocycles. The third-order valence-corrected chi connectivity index (χ3v) is 14.5. The van der Waals surface area contributed by atoms with Crippen LogP contribution in [0.15, 0.2) is 95.7 Å². The lowest BCUT2D eigenvalue weighted by Crippen LogP contribution is -2.56. The summed E-state index contributed by atoms with van der Waals surface area (Å²) in [6, 6.07) is 20.8. The van der Waals surface area contributed by atoms with Crippen LogP contribution in [0.4, 0.5) is 17.1 Å². The first-order valence-corrected chi connectivity index (χ1v) is 24.0. The number of hydrogen-bond acceptors (Lipinski definition) is 13. The van der Waals surface area contributed by atoms with E-state index in [1.807, 2.05) is 18.2 Å². The minimum absolute atomic E-state index is 0.0475. The van der Waals surface area contributed by atoms with Crippen molar-refractivity contribution in [3.05, 3.63) is 117 Å². The summed E-state index contributed by atoms with van der Waals surface area (Å²) < 4.78 is 47.3. The molecule has 3 saturated heterocycles. The van der Waals surface area contributed by atoms with Gasteiger partial charge in [0.05, 0.1) is 53.5 Å². The third kappa shape index (κ3) is 10.1. The number of morpholine rings is 1. The number of ether oxygens (including phenoxy) is 3. The average molecular weight is 926 g/mol. The topological polar surface area (TPSA) is 184 Å². The fourth-order valence-corrected chi connectivity index (χ4v) is 10.4. The van der Waals surface area contributed by atoms with Crippen LogP contribution in [0, 0.1) is 16.0 Å². The zero-order chi connectivity index (χ0) is 45.2. The number of amides is 1. The van der Waals surface area contributed by atoms with Crippen LogP contribution < -0.4 is 19.7 Å². The van der Waals surface area contributed by atoms with Gasteiger partial charge in [0.25, 0.3) is 21.6 Å². The predicted molar refractivity (Wildman–Crippen MR) is 249 cm³/mol. The Morgan fingerprint density at radius 2 is 1.86 bits per heavy atom. The summed E-state index contributed by atoms with van der Waals surface area (Å²) in [6.07, 6.45) is 6.32. The number of anilines is 2. The number of allylic oxidation sites excluding steroid dienone is 1. The van der Waals surface area contributed by atoms with Crippen molar-refractivity contribution in [2.45, 2.75) is 56.2 Å².